The number of amides is 2. The number of hydrogen-bond acceptors (Lipinski definition) is 6. The molecular weight excluding hydrogens is 492 g/mol. The molecule has 0 atom stereocenters. The van der Waals surface area contributed by atoms with Crippen molar-refractivity contribution in [3.63, 3.8) is 0 Å². The van der Waals surface area contributed by atoms with E-state index in [0.717, 1.165) is 59.2 Å². The second-order valence-electron chi connectivity index (χ2n) is 10.7. The molecule has 1 aliphatic carbocycles. The molecule has 2 heterocycles. The summed E-state index contributed by atoms with van der Waals surface area (Å²) in [5.74, 6) is 1.45. The number of carbonyl (C=O) groups excluding carboxylic acids is 2. The summed E-state index contributed by atoms with van der Waals surface area (Å²) in [6, 6.07) is 3.45. The van der Waals surface area contributed by atoms with Gasteiger partial charge in [-0.15, -0.1) is 0 Å². The average Bonchev–Trinajstić information content (AvgIpc) is 3.18. The lowest BCUT2D eigenvalue weighted by molar-refractivity contribution is -0.125. The van der Waals surface area contributed by atoms with Crippen molar-refractivity contribution >= 4 is 33.7 Å². The number of hydrogen-bond donors (Lipinski definition) is 1. The SMILES string of the molecule is CON(C)C(=O)c1cc(C)c(C=CS(=O)(=O)N2CCC3(CC2)N=C(C2CCC(C)CC2)NC3=O)c(C)c1. The fourth-order valence-corrected chi connectivity index (χ4v) is 6.76. The van der Waals surface area contributed by atoms with Gasteiger partial charge in [0.15, 0.2) is 0 Å². The van der Waals surface area contributed by atoms with E-state index in [9.17, 15) is 18.0 Å². The maximum atomic E-state index is 13.1. The molecule has 0 bridgehead atoms. The summed E-state index contributed by atoms with van der Waals surface area (Å²) in [5.41, 5.74) is 1.95. The molecule has 202 valence electrons. The number of amidine groups is 1. The van der Waals surface area contributed by atoms with Gasteiger partial charge in [-0.2, -0.15) is 4.31 Å². The van der Waals surface area contributed by atoms with Crippen LogP contribution in [0.4, 0.5) is 0 Å². The quantitative estimate of drug-likeness (QED) is 0.567. The van der Waals surface area contributed by atoms with Crippen molar-refractivity contribution < 1.29 is 22.8 Å². The standard InChI is InChI=1S/C27H38N4O5S/c1-18-6-8-21(9-7-18)24-28-26(33)27(29-24)11-13-31(14-12-27)37(34,35)15-10-23-19(2)16-22(17-20(23)3)25(32)30(4)36-5/h10,15-18,21H,6-9,11-14H2,1-5H3,(H,28,29,33). The van der Waals surface area contributed by atoms with Crippen LogP contribution in [0.5, 0.6) is 0 Å². The van der Waals surface area contributed by atoms with Crippen LogP contribution >= 0.6 is 0 Å². The summed E-state index contributed by atoms with van der Waals surface area (Å²) in [6.07, 6.45) is 6.71. The molecule has 0 radical (unpaired) electrons. The molecule has 9 nitrogen and oxygen atoms in total. The Hall–Kier alpha value is -2.56. The van der Waals surface area contributed by atoms with Gasteiger partial charge in [0, 0.05) is 37.0 Å². The Labute approximate surface area is 220 Å². The summed E-state index contributed by atoms with van der Waals surface area (Å²) >= 11 is 0. The molecule has 3 aliphatic rings. The molecule has 2 amide bonds. The van der Waals surface area contributed by atoms with E-state index < -0.39 is 15.6 Å². The molecule has 1 aromatic rings. The van der Waals surface area contributed by atoms with Crippen molar-refractivity contribution in [2.45, 2.75) is 64.8 Å². The molecule has 0 unspecified atom stereocenters. The van der Waals surface area contributed by atoms with Gasteiger partial charge in [-0.1, -0.05) is 19.8 Å². The highest BCUT2D eigenvalue weighted by molar-refractivity contribution is 7.92. The van der Waals surface area contributed by atoms with Crippen molar-refractivity contribution in [3.8, 4) is 0 Å². The molecule has 1 saturated carbocycles. The number of rotatable bonds is 6. The minimum Gasteiger partial charge on any atom is -0.312 e. The van der Waals surface area contributed by atoms with E-state index in [1.807, 2.05) is 13.8 Å². The highest BCUT2D eigenvalue weighted by Crippen LogP contribution is 2.36. The van der Waals surface area contributed by atoms with Crippen molar-refractivity contribution in [1.82, 2.24) is 14.7 Å². The average molecular weight is 531 g/mol. The van der Waals surface area contributed by atoms with Crippen molar-refractivity contribution in [2.75, 3.05) is 27.2 Å². The van der Waals surface area contributed by atoms with E-state index in [1.165, 1.54) is 23.9 Å². The number of aliphatic imine (C=N–C) groups is 1. The van der Waals surface area contributed by atoms with E-state index in [2.05, 4.69) is 12.2 Å². The van der Waals surface area contributed by atoms with Gasteiger partial charge in [-0.3, -0.25) is 19.4 Å². The van der Waals surface area contributed by atoms with E-state index in [4.69, 9.17) is 9.83 Å². The third kappa shape index (κ3) is 5.66. The largest absolute Gasteiger partial charge is 0.312 e. The van der Waals surface area contributed by atoms with Crippen LogP contribution < -0.4 is 5.32 Å². The molecular formula is C27H38N4O5S. The Kier molecular flexibility index (Phi) is 7.92. The zero-order chi connectivity index (χ0) is 27.0. The van der Waals surface area contributed by atoms with Crippen LogP contribution in [0, 0.1) is 25.7 Å². The van der Waals surface area contributed by atoms with Crippen LogP contribution in [0.15, 0.2) is 22.5 Å². The molecule has 2 fully saturated rings. The van der Waals surface area contributed by atoms with E-state index in [0.29, 0.717) is 24.3 Å². The van der Waals surface area contributed by atoms with Crippen LogP contribution in [0.25, 0.3) is 6.08 Å². The van der Waals surface area contributed by atoms with Gasteiger partial charge in [0.1, 0.15) is 11.4 Å². The maximum absolute atomic E-state index is 13.1. The van der Waals surface area contributed by atoms with Crippen LogP contribution in [0.2, 0.25) is 0 Å². The van der Waals surface area contributed by atoms with Gasteiger partial charge in [0.05, 0.1) is 7.11 Å². The Morgan fingerprint density at radius 1 is 1.16 bits per heavy atom. The number of benzene rings is 1. The van der Waals surface area contributed by atoms with Crippen molar-refractivity contribution in [1.29, 1.82) is 0 Å². The number of piperidine rings is 1. The van der Waals surface area contributed by atoms with Gasteiger partial charge in [-0.25, -0.2) is 13.5 Å². The van der Waals surface area contributed by atoms with Crippen LogP contribution in [-0.4, -0.2) is 68.2 Å². The third-order valence-electron chi connectivity index (χ3n) is 8.12. The summed E-state index contributed by atoms with van der Waals surface area (Å²) in [4.78, 5) is 35.1. The fraction of sp³-hybridized carbons (Fsp3) is 0.593. The van der Waals surface area contributed by atoms with Crippen LogP contribution in [-0.2, 0) is 19.7 Å². The smallest absolute Gasteiger partial charge is 0.277 e. The second kappa shape index (κ2) is 10.7. The first-order valence-electron chi connectivity index (χ1n) is 13.0. The molecule has 1 spiro atoms. The highest BCUT2D eigenvalue weighted by atomic mass is 32.2. The molecule has 37 heavy (non-hydrogen) atoms. The Balaban J connectivity index is 1.44. The number of sulfonamides is 1. The minimum atomic E-state index is -3.69. The maximum Gasteiger partial charge on any atom is 0.277 e. The van der Waals surface area contributed by atoms with Crippen LogP contribution in [0.1, 0.15) is 72.5 Å². The summed E-state index contributed by atoms with van der Waals surface area (Å²) in [6.45, 7) is 6.43. The molecule has 1 N–H and O–H groups in total. The Bertz CT molecular complexity index is 1200. The topological polar surface area (TPSA) is 108 Å². The highest BCUT2D eigenvalue weighted by Gasteiger charge is 2.48. The number of aryl methyl sites for hydroxylation is 2. The summed E-state index contributed by atoms with van der Waals surface area (Å²) in [7, 11) is -0.730. The molecule has 1 saturated heterocycles. The second-order valence-corrected chi connectivity index (χ2v) is 12.5. The normalized spacial score (nSPS) is 24.4. The lowest BCUT2D eigenvalue weighted by atomic mass is 9.82. The minimum absolute atomic E-state index is 0.0892. The molecule has 0 aromatic heterocycles. The van der Waals surface area contributed by atoms with Crippen molar-refractivity contribution in [2.24, 2.45) is 16.8 Å². The monoisotopic (exact) mass is 530 g/mol. The number of carbonyl (C=O) groups is 2. The van der Waals surface area contributed by atoms with Gasteiger partial charge in [-0.05, 0) is 80.3 Å². The van der Waals surface area contributed by atoms with E-state index >= 15 is 0 Å². The predicted octanol–water partition coefficient (Wildman–Crippen LogP) is 3.43. The molecule has 4 rings (SSSR count). The number of nitrogens with zero attached hydrogens (tertiary/aromatic N) is 3. The first kappa shape index (κ1) is 27.5. The molecule has 10 heteroatoms. The van der Waals surface area contributed by atoms with Crippen molar-refractivity contribution in [3.05, 3.63) is 39.8 Å². The Morgan fingerprint density at radius 3 is 2.32 bits per heavy atom. The van der Waals surface area contributed by atoms with Gasteiger partial charge < -0.3 is 5.32 Å². The number of nitrogens with one attached hydrogen (secondary N) is 1. The first-order valence-corrected chi connectivity index (χ1v) is 14.5. The van der Waals surface area contributed by atoms with Crippen LogP contribution in [0.3, 0.4) is 0 Å². The summed E-state index contributed by atoms with van der Waals surface area (Å²) in [5, 5.41) is 5.39. The zero-order valence-electron chi connectivity index (χ0n) is 22.4. The molecule has 1 aromatic carbocycles. The number of hydroxylamine groups is 2. The fourth-order valence-electron chi connectivity index (χ4n) is 5.58. The zero-order valence-corrected chi connectivity index (χ0v) is 23.2. The molecule has 2 aliphatic heterocycles. The van der Waals surface area contributed by atoms with E-state index in [-0.39, 0.29) is 24.9 Å². The predicted molar refractivity (Wildman–Crippen MR) is 143 cm³/mol. The Morgan fingerprint density at radius 2 is 1.76 bits per heavy atom. The lowest BCUT2D eigenvalue weighted by Crippen LogP contribution is -2.50. The van der Waals surface area contributed by atoms with Gasteiger partial charge in [0.2, 0.25) is 10.0 Å². The first-order chi connectivity index (χ1) is 17.5. The summed E-state index contributed by atoms with van der Waals surface area (Å²) < 4.78 is 27.7. The third-order valence-corrected chi connectivity index (χ3v) is 9.68. The lowest BCUT2D eigenvalue weighted by Gasteiger charge is -2.34. The van der Waals surface area contributed by atoms with Gasteiger partial charge in [0.25, 0.3) is 11.8 Å². The van der Waals surface area contributed by atoms with Gasteiger partial charge >= 0.3 is 0 Å². The van der Waals surface area contributed by atoms with E-state index in [1.54, 1.807) is 18.2 Å².